The van der Waals surface area contributed by atoms with Crippen molar-refractivity contribution in [3.8, 4) is 0 Å². The van der Waals surface area contributed by atoms with Crippen molar-refractivity contribution in [2.75, 3.05) is 25.1 Å². The van der Waals surface area contributed by atoms with E-state index in [0.29, 0.717) is 6.10 Å². The van der Waals surface area contributed by atoms with Gasteiger partial charge in [-0.15, -0.1) is 0 Å². The molecule has 1 aromatic rings. The first-order valence-corrected chi connectivity index (χ1v) is 7.65. The molecule has 1 aliphatic carbocycles. The first-order valence-electron chi connectivity index (χ1n) is 7.65. The first-order chi connectivity index (χ1) is 9.67. The second kappa shape index (κ2) is 5.70. The van der Waals surface area contributed by atoms with Crippen LogP contribution in [0.1, 0.15) is 36.1 Å². The first kappa shape index (κ1) is 13.8. The van der Waals surface area contributed by atoms with E-state index in [1.165, 1.54) is 24.0 Å². The number of rotatable bonds is 5. The van der Waals surface area contributed by atoms with Crippen LogP contribution in [-0.4, -0.2) is 37.3 Å². The van der Waals surface area contributed by atoms with Crippen molar-refractivity contribution in [2.24, 2.45) is 0 Å². The molecule has 0 amide bonds. The van der Waals surface area contributed by atoms with Gasteiger partial charge in [0.2, 0.25) is 0 Å². The van der Waals surface area contributed by atoms with Crippen LogP contribution < -0.4 is 10.2 Å². The average Bonchev–Trinajstić information content (AvgIpc) is 3.12. The molecule has 0 aromatic carbocycles. The molecular formula is C16H25N3O. The normalized spacial score (nSPS) is 22.6. The Morgan fingerprint density at radius 3 is 2.80 bits per heavy atom. The Morgan fingerprint density at radius 1 is 1.35 bits per heavy atom. The molecule has 1 N–H and O–H groups in total. The molecule has 0 radical (unpaired) electrons. The lowest BCUT2D eigenvalue weighted by Gasteiger charge is -2.23. The van der Waals surface area contributed by atoms with E-state index in [2.05, 4.69) is 30.1 Å². The van der Waals surface area contributed by atoms with Crippen LogP contribution in [-0.2, 0) is 11.3 Å². The van der Waals surface area contributed by atoms with Gasteiger partial charge >= 0.3 is 0 Å². The van der Waals surface area contributed by atoms with Crippen molar-refractivity contribution in [1.82, 2.24) is 10.3 Å². The topological polar surface area (TPSA) is 37.4 Å². The molecule has 0 spiro atoms. The standard InChI is InChI=1S/C16H25N3O/c1-11-8-12(2)18-16(15(11)9-17-13-4-5-13)19-7-6-14(10-19)20-3/h8,13-14,17H,4-7,9-10H2,1-3H3. The SMILES string of the molecule is COC1CCN(c2nc(C)cc(C)c2CNC2CC2)C1. The largest absolute Gasteiger partial charge is 0.380 e. The summed E-state index contributed by atoms with van der Waals surface area (Å²) in [6, 6.07) is 2.92. The van der Waals surface area contributed by atoms with Crippen molar-refractivity contribution < 1.29 is 4.74 Å². The van der Waals surface area contributed by atoms with Crippen LogP contribution in [0.3, 0.4) is 0 Å². The molecule has 1 saturated carbocycles. The smallest absolute Gasteiger partial charge is 0.133 e. The van der Waals surface area contributed by atoms with Crippen molar-refractivity contribution in [2.45, 2.75) is 51.8 Å². The molecule has 1 aliphatic heterocycles. The number of pyridine rings is 1. The van der Waals surface area contributed by atoms with Crippen molar-refractivity contribution >= 4 is 5.82 Å². The van der Waals surface area contributed by atoms with Gasteiger partial charge in [-0.2, -0.15) is 0 Å². The molecule has 2 heterocycles. The molecule has 2 aliphatic rings. The Labute approximate surface area is 121 Å². The Bertz CT molecular complexity index is 485. The number of anilines is 1. The predicted octanol–water partition coefficient (Wildman–Crippen LogP) is 2.18. The van der Waals surface area contributed by atoms with Gasteiger partial charge in [0, 0.05) is 44.0 Å². The number of ether oxygens (including phenoxy) is 1. The lowest BCUT2D eigenvalue weighted by molar-refractivity contribution is 0.121. The minimum absolute atomic E-state index is 0.349. The highest BCUT2D eigenvalue weighted by molar-refractivity contribution is 5.52. The zero-order valence-corrected chi connectivity index (χ0v) is 12.8. The Morgan fingerprint density at radius 2 is 2.15 bits per heavy atom. The van der Waals surface area contributed by atoms with Gasteiger partial charge in [0.05, 0.1) is 6.10 Å². The average molecular weight is 275 g/mol. The van der Waals surface area contributed by atoms with E-state index in [9.17, 15) is 0 Å². The fourth-order valence-corrected chi connectivity index (χ4v) is 2.97. The third-order valence-corrected chi connectivity index (χ3v) is 4.38. The number of hydrogen-bond donors (Lipinski definition) is 1. The minimum Gasteiger partial charge on any atom is -0.380 e. The molecule has 110 valence electrons. The summed E-state index contributed by atoms with van der Waals surface area (Å²) in [4.78, 5) is 7.20. The van der Waals surface area contributed by atoms with Crippen LogP contribution in [0.25, 0.3) is 0 Å². The molecule has 1 unspecified atom stereocenters. The highest BCUT2D eigenvalue weighted by atomic mass is 16.5. The van der Waals surface area contributed by atoms with Crippen LogP contribution in [0.5, 0.6) is 0 Å². The van der Waals surface area contributed by atoms with E-state index >= 15 is 0 Å². The van der Waals surface area contributed by atoms with E-state index in [4.69, 9.17) is 9.72 Å². The van der Waals surface area contributed by atoms with Gasteiger partial charge in [0.1, 0.15) is 5.82 Å². The van der Waals surface area contributed by atoms with E-state index in [0.717, 1.165) is 43.6 Å². The number of methoxy groups -OCH3 is 1. The molecule has 1 atom stereocenters. The Kier molecular flexibility index (Phi) is 3.94. The lowest BCUT2D eigenvalue weighted by Crippen LogP contribution is -2.27. The van der Waals surface area contributed by atoms with Crippen LogP contribution in [0, 0.1) is 13.8 Å². The maximum atomic E-state index is 5.49. The van der Waals surface area contributed by atoms with Crippen molar-refractivity contribution in [3.63, 3.8) is 0 Å². The summed E-state index contributed by atoms with van der Waals surface area (Å²) in [6.07, 6.45) is 4.09. The number of aromatic nitrogens is 1. The summed E-state index contributed by atoms with van der Waals surface area (Å²) in [6.45, 7) is 7.23. The van der Waals surface area contributed by atoms with Crippen LogP contribution in [0.4, 0.5) is 5.82 Å². The minimum atomic E-state index is 0.349. The third-order valence-electron chi connectivity index (χ3n) is 4.38. The quantitative estimate of drug-likeness (QED) is 0.893. The fraction of sp³-hybridized carbons (Fsp3) is 0.688. The highest BCUT2D eigenvalue weighted by Gasteiger charge is 2.27. The highest BCUT2D eigenvalue weighted by Crippen LogP contribution is 2.28. The second-order valence-corrected chi connectivity index (χ2v) is 6.13. The Balaban J connectivity index is 1.82. The van der Waals surface area contributed by atoms with Gasteiger partial charge in [-0.05, 0) is 44.7 Å². The molecular weight excluding hydrogens is 250 g/mol. The van der Waals surface area contributed by atoms with E-state index in [1.54, 1.807) is 7.11 Å². The van der Waals surface area contributed by atoms with E-state index in [1.807, 2.05) is 0 Å². The lowest BCUT2D eigenvalue weighted by atomic mass is 10.1. The molecule has 3 rings (SSSR count). The number of nitrogens with zero attached hydrogens (tertiary/aromatic N) is 2. The fourth-order valence-electron chi connectivity index (χ4n) is 2.97. The van der Waals surface area contributed by atoms with Gasteiger partial charge in [0.25, 0.3) is 0 Å². The zero-order valence-electron chi connectivity index (χ0n) is 12.8. The summed E-state index contributed by atoms with van der Waals surface area (Å²) in [7, 11) is 1.80. The summed E-state index contributed by atoms with van der Waals surface area (Å²) in [5.74, 6) is 1.16. The van der Waals surface area contributed by atoms with E-state index in [-0.39, 0.29) is 0 Å². The number of nitrogens with one attached hydrogen (secondary N) is 1. The predicted molar refractivity (Wildman–Crippen MR) is 81.2 cm³/mol. The van der Waals surface area contributed by atoms with Gasteiger partial charge in [-0.3, -0.25) is 0 Å². The van der Waals surface area contributed by atoms with Crippen molar-refractivity contribution in [3.05, 3.63) is 22.9 Å². The zero-order chi connectivity index (χ0) is 14.1. The van der Waals surface area contributed by atoms with Crippen LogP contribution in [0.15, 0.2) is 6.07 Å². The summed E-state index contributed by atoms with van der Waals surface area (Å²) < 4.78 is 5.49. The molecule has 4 heteroatoms. The molecule has 4 nitrogen and oxygen atoms in total. The molecule has 0 bridgehead atoms. The number of hydrogen-bond acceptors (Lipinski definition) is 4. The summed E-state index contributed by atoms with van der Waals surface area (Å²) in [5, 5.41) is 3.62. The maximum absolute atomic E-state index is 5.49. The monoisotopic (exact) mass is 275 g/mol. The van der Waals surface area contributed by atoms with Gasteiger partial charge < -0.3 is 15.0 Å². The van der Waals surface area contributed by atoms with Gasteiger partial charge in [0.15, 0.2) is 0 Å². The third kappa shape index (κ3) is 2.96. The number of aryl methyl sites for hydroxylation is 2. The summed E-state index contributed by atoms with van der Waals surface area (Å²) >= 11 is 0. The molecule has 1 saturated heterocycles. The molecule has 2 fully saturated rings. The molecule has 20 heavy (non-hydrogen) atoms. The van der Waals surface area contributed by atoms with Gasteiger partial charge in [-0.1, -0.05) is 0 Å². The van der Waals surface area contributed by atoms with Crippen molar-refractivity contribution in [1.29, 1.82) is 0 Å². The van der Waals surface area contributed by atoms with E-state index < -0.39 is 0 Å². The van der Waals surface area contributed by atoms with Crippen LogP contribution >= 0.6 is 0 Å². The second-order valence-electron chi connectivity index (χ2n) is 6.13. The summed E-state index contributed by atoms with van der Waals surface area (Å²) in [5.41, 5.74) is 3.81. The molecule has 1 aromatic heterocycles. The van der Waals surface area contributed by atoms with Gasteiger partial charge in [-0.25, -0.2) is 4.98 Å². The maximum Gasteiger partial charge on any atom is 0.133 e. The Hall–Kier alpha value is -1.13. The van der Waals surface area contributed by atoms with Crippen LogP contribution in [0.2, 0.25) is 0 Å².